The summed E-state index contributed by atoms with van der Waals surface area (Å²) in [6.45, 7) is 7.05. The fraction of sp³-hybridized carbons (Fsp3) is 0.556. The van der Waals surface area contributed by atoms with Crippen LogP contribution in [0.3, 0.4) is 0 Å². The Balaban J connectivity index is 1.58. The summed E-state index contributed by atoms with van der Waals surface area (Å²) in [5.41, 5.74) is 3.12. The topological polar surface area (TPSA) is 34.9 Å². The summed E-state index contributed by atoms with van der Waals surface area (Å²) in [7, 11) is 0. The fourth-order valence-corrected chi connectivity index (χ4v) is 7.81. The van der Waals surface area contributed by atoms with Crippen molar-refractivity contribution in [2.24, 2.45) is 11.3 Å². The zero-order chi connectivity index (χ0) is 22.3. The van der Waals surface area contributed by atoms with E-state index in [9.17, 15) is 4.79 Å². The molecule has 0 saturated heterocycles. The van der Waals surface area contributed by atoms with Gasteiger partial charge in [-0.15, -0.1) is 11.3 Å². The first-order valence-corrected chi connectivity index (χ1v) is 14.0. The maximum Gasteiger partial charge on any atom is 0.263 e. The van der Waals surface area contributed by atoms with Gasteiger partial charge in [-0.1, -0.05) is 82.1 Å². The smallest absolute Gasteiger partial charge is 0.263 e. The van der Waals surface area contributed by atoms with Gasteiger partial charge in [-0.2, -0.15) is 0 Å². The zero-order valence-corrected chi connectivity index (χ0v) is 21.2. The van der Waals surface area contributed by atoms with Crippen LogP contribution in [0.2, 0.25) is 0 Å². The van der Waals surface area contributed by atoms with Gasteiger partial charge in [-0.3, -0.25) is 9.36 Å². The number of fused-ring (bicyclic) bond motifs is 3. The molecule has 3 aromatic rings. The SMILES string of the molecule is CC(C)(C)[C@H]1CCc2c(sc3nc(SCc4ccccc4)n(C4CCCCC4)c(=O)c23)C1. The Bertz CT molecular complexity index is 1150. The quantitative estimate of drug-likeness (QED) is 0.297. The van der Waals surface area contributed by atoms with E-state index in [1.54, 1.807) is 23.1 Å². The monoisotopic (exact) mass is 466 g/mol. The molecule has 0 bridgehead atoms. The maximum absolute atomic E-state index is 14.0. The lowest BCUT2D eigenvalue weighted by molar-refractivity contribution is 0.218. The number of rotatable bonds is 4. The van der Waals surface area contributed by atoms with Crippen LogP contribution >= 0.6 is 23.1 Å². The van der Waals surface area contributed by atoms with Gasteiger partial charge in [0.2, 0.25) is 0 Å². The summed E-state index contributed by atoms with van der Waals surface area (Å²) in [6, 6.07) is 10.8. The van der Waals surface area contributed by atoms with Crippen molar-refractivity contribution in [3.63, 3.8) is 0 Å². The van der Waals surface area contributed by atoms with Crippen molar-refractivity contribution < 1.29 is 0 Å². The summed E-state index contributed by atoms with van der Waals surface area (Å²) < 4.78 is 2.10. The largest absolute Gasteiger partial charge is 0.284 e. The highest BCUT2D eigenvalue weighted by atomic mass is 32.2. The van der Waals surface area contributed by atoms with Crippen molar-refractivity contribution in [1.82, 2.24) is 9.55 Å². The highest BCUT2D eigenvalue weighted by Crippen LogP contribution is 2.43. The molecule has 3 nitrogen and oxygen atoms in total. The fourth-order valence-electron chi connectivity index (χ4n) is 5.44. The van der Waals surface area contributed by atoms with Crippen molar-refractivity contribution in [1.29, 1.82) is 0 Å². The first-order valence-electron chi connectivity index (χ1n) is 12.2. The second-order valence-electron chi connectivity index (χ2n) is 10.6. The average Bonchev–Trinajstić information content (AvgIpc) is 3.16. The van der Waals surface area contributed by atoms with Crippen LogP contribution in [0.5, 0.6) is 0 Å². The van der Waals surface area contributed by atoms with Gasteiger partial charge in [0.15, 0.2) is 5.16 Å². The summed E-state index contributed by atoms with van der Waals surface area (Å²) in [4.78, 5) is 21.5. The molecule has 1 saturated carbocycles. The van der Waals surface area contributed by atoms with Gasteiger partial charge in [-0.05, 0) is 54.6 Å². The third kappa shape index (κ3) is 4.31. The third-order valence-electron chi connectivity index (χ3n) is 7.46. The van der Waals surface area contributed by atoms with E-state index in [0.717, 1.165) is 46.8 Å². The zero-order valence-electron chi connectivity index (χ0n) is 19.5. The first kappa shape index (κ1) is 22.2. The summed E-state index contributed by atoms with van der Waals surface area (Å²) in [6.07, 6.45) is 9.21. The highest BCUT2D eigenvalue weighted by Gasteiger charge is 2.33. The lowest BCUT2D eigenvalue weighted by Crippen LogP contribution is -2.30. The van der Waals surface area contributed by atoms with Crippen molar-refractivity contribution >= 4 is 33.3 Å². The lowest BCUT2D eigenvalue weighted by Gasteiger charge is -2.33. The van der Waals surface area contributed by atoms with E-state index in [1.807, 2.05) is 0 Å². The number of benzene rings is 1. The number of hydrogen-bond donors (Lipinski definition) is 0. The molecular weight excluding hydrogens is 432 g/mol. The molecule has 5 heteroatoms. The molecule has 0 amide bonds. The Labute approximate surface area is 199 Å². The molecule has 2 aliphatic rings. The minimum atomic E-state index is 0.226. The second-order valence-corrected chi connectivity index (χ2v) is 12.7. The van der Waals surface area contributed by atoms with Gasteiger partial charge >= 0.3 is 0 Å². The molecule has 2 aliphatic carbocycles. The summed E-state index contributed by atoms with van der Waals surface area (Å²) >= 11 is 3.52. The molecule has 0 unspecified atom stereocenters. The molecule has 1 atom stereocenters. The van der Waals surface area contributed by atoms with E-state index >= 15 is 0 Å². The van der Waals surface area contributed by atoms with E-state index < -0.39 is 0 Å². The van der Waals surface area contributed by atoms with Crippen LogP contribution in [0.4, 0.5) is 0 Å². The van der Waals surface area contributed by atoms with Crippen LogP contribution < -0.4 is 5.56 Å². The Morgan fingerprint density at radius 1 is 1.09 bits per heavy atom. The Morgan fingerprint density at radius 2 is 1.84 bits per heavy atom. The van der Waals surface area contributed by atoms with E-state index in [2.05, 4.69) is 55.7 Å². The predicted molar refractivity (Wildman–Crippen MR) is 137 cm³/mol. The van der Waals surface area contributed by atoms with Crippen molar-refractivity contribution in [2.75, 3.05) is 0 Å². The molecule has 0 aliphatic heterocycles. The van der Waals surface area contributed by atoms with Gasteiger partial charge in [0, 0.05) is 16.7 Å². The van der Waals surface area contributed by atoms with Crippen molar-refractivity contribution in [3.05, 3.63) is 56.7 Å². The molecule has 0 spiro atoms. The third-order valence-corrected chi connectivity index (χ3v) is 9.63. The predicted octanol–water partition coefficient (Wildman–Crippen LogP) is 7.41. The van der Waals surface area contributed by atoms with Crippen LogP contribution in [-0.2, 0) is 18.6 Å². The summed E-state index contributed by atoms with van der Waals surface area (Å²) in [5, 5.41) is 1.86. The Kier molecular flexibility index (Phi) is 6.23. The van der Waals surface area contributed by atoms with Crippen molar-refractivity contribution in [3.8, 4) is 0 Å². The van der Waals surface area contributed by atoms with Crippen LogP contribution in [0.15, 0.2) is 40.3 Å². The van der Waals surface area contributed by atoms with Crippen LogP contribution in [-0.4, -0.2) is 9.55 Å². The van der Waals surface area contributed by atoms with E-state index in [0.29, 0.717) is 17.4 Å². The Hall–Kier alpha value is -1.59. The molecule has 170 valence electrons. The summed E-state index contributed by atoms with van der Waals surface area (Å²) in [5.74, 6) is 1.53. The molecule has 2 heterocycles. The van der Waals surface area contributed by atoms with Crippen molar-refractivity contribution in [2.45, 2.75) is 89.1 Å². The second kappa shape index (κ2) is 8.98. The molecule has 1 fully saturated rings. The molecule has 5 rings (SSSR count). The number of thiophene rings is 1. The minimum Gasteiger partial charge on any atom is -0.284 e. The van der Waals surface area contributed by atoms with E-state index in [1.165, 1.54) is 41.7 Å². The number of aromatic nitrogens is 2. The number of aryl methyl sites for hydroxylation is 1. The lowest BCUT2D eigenvalue weighted by atomic mass is 9.72. The molecular formula is C27H34N2OS2. The molecule has 0 N–H and O–H groups in total. The first-order chi connectivity index (χ1) is 15.4. The molecule has 0 radical (unpaired) electrons. The van der Waals surface area contributed by atoms with Gasteiger partial charge < -0.3 is 0 Å². The van der Waals surface area contributed by atoms with Gasteiger partial charge in [-0.25, -0.2) is 4.98 Å². The average molecular weight is 467 g/mol. The van der Waals surface area contributed by atoms with Gasteiger partial charge in [0.1, 0.15) is 4.83 Å². The van der Waals surface area contributed by atoms with E-state index in [4.69, 9.17) is 4.98 Å². The standard InChI is InChI=1S/C27H34N2OS2/c1-27(2,3)19-14-15-21-22(16-19)32-24-23(21)25(30)29(20-12-8-5-9-13-20)26(28-24)31-17-18-10-6-4-7-11-18/h4,6-7,10-11,19-20H,5,8-9,12-17H2,1-3H3/t19-/m0/s1. The number of thioether (sulfide) groups is 1. The van der Waals surface area contributed by atoms with Gasteiger partial charge in [0.05, 0.1) is 5.39 Å². The molecule has 1 aromatic carbocycles. The number of hydrogen-bond acceptors (Lipinski definition) is 4. The van der Waals surface area contributed by atoms with Gasteiger partial charge in [0.25, 0.3) is 5.56 Å². The van der Waals surface area contributed by atoms with Crippen LogP contribution in [0.1, 0.15) is 81.3 Å². The van der Waals surface area contributed by atoms with Crippen LogP contribution in [0.25, 0.3) is 10.2 Å². The minimum absolute atomic E-state index is 0.226. The van der Waals surface area contributed by atoms with E-state index in [-0.39, 0.29) is 5.56 Å². The highest BCUT2D eigenvalue weighted by molar-refractivity contribution is 7.98. The normalized spacial score (nSPS) is 19.9. The Morgan fingerprint density at radius 3 is 2.56 bits per heavy atom. The number of nitrogens with zero attached hydrogens (tertiary/aromatic N) is 2. The molecule has 2 aromatic heterocycles. The van der Waals surface area contributed by atoms with Crippen LogP contribution in [0, 0.1) is 11.3 Å². The molecule has 32 heavy (non-hydrogen) atoms. The maximum atomic E-state index is 14.0.